The van der Waals surface area contributed by atoms with Gasteiger partial charge in [0.2, 0.25) is 11.8 Å². The molecule has 0 spiro atoms. The fourth-order valence-electron chi connectivity index (χ4n) is 2.82. The number of primary amides is 1. The summed E-state index contributed by atoms with van der Waals surface area (Å²) in [5.74, 6) is 0.523. The molecule has 1 aromatic heterocycles. The monoisotopic (exact) mass is 413 g/mol. The molecule has 1 atom stereocenters. The number of ether oxygens (including phenoxy) is 2. The number of aryl methyl sites for hydroxylation is 1. The van der Waals surface area contributed by atoms with Gasteiger partial charge in [-0.2, -0.15) is 0 Å². The van der Waals surface area contributed by atoms with Crippen LogP contribution in [0.3, 0.4) is 0 Å². The van der Waals surface area contributed by atoms with E-state index in [2.05, 4.69) is 15.5 Å². The Morgan fingerprint density at radius 2 is 2.25 bits per heavy atom. The molecule has 28 heavy (non-hydrogen) atoms. The van der Waals surface area contributed by atoms with Gasteiger partial charge in [-0.3, -0.25) is 9.59 Å². The summed E-state index contributed by atoms with van der Waals surface area (Å²) in [6, 6.07) is 0. The first-order chi connectivity index (χ1) is 13.5. The molecule has 1 unspecified atom stereocenters. The first kappa shape index (κ1) is 22.6. The number of aromatic nitrogens is 3. The average molecular weight is 414 g/mol. The summed E-state index contributed by atoms with van der Waals surface area (Å²) in [7, 11) is 0. The van der Waals surface area contributed by atoms with Crippen molar-refractivity contribution in [2.75, 3.05) is 25.5 Å². The lowest BCUT2D eigenvalue weighted by molar-refractivity contribution is -0.119. The molecule has 9 nitrogen and oxygen atoms in total. The number of hydrogen-bond acceptors (Lipinski definition) is 7. The molecule has 10 heteroatoms. The maximum absolute atomic E-state index is 12.1. The summed E-state index contributed by atoms with van der Waals surface area (Å²) in [4.78, 5) is 23.2. The molecule has 0 radical (unpaired) electrons. The van der Waals surface area contributed by atoms with Gasteiger partial charge in [0.15, 0.2) is 5.16 Å². The molecule has 1 saturated heterocycles. The van der Waals surface area contributed by atoms with E-state index in [0.717, 1.165) is 25.9 Å². The van der Waals surface area contributed by atoms with Crippen molar-refractivity contribution in [3.63, 3.8) is 0 Å². The zero-order chi connectivity index (χ0) is 20.4. The number of thioether (sulfide) groups is 1. The minimum absolute atomic E-state index is 0.0556. The van der Waals surface area contributed by atoms with Crippen LogP contribution < -0.4 is 11.1 Å². The number of hydrogen-bond donors (Lipinski definition) is 2. The Morgan fingerprint density at radius 3 is 2.93 bits per heavy atom. The van der Waals surface area contributed by atoms with Crippen LogP contribution in [0.5, 0.6) is 0 Å². The molecule has 3 N–H and O–H groups in total. The van der Waals surface area contributed by atoms with E-state index in [9.17, 15) is 9.59 Å². The fraction of sp³-hybridized carbons (Fsp3) is 0.778. The second kappa shape index (κ2) is 12.0. The Morgan fingerprint density at radius 1 is 1.43 bits per heavy atom. The van der Waals surface area contributed by atoms with Gasteiger partial charge in [0.25, 0.3) is 0 Å². The normalized spacial score (nSPS) is 16.6. The molecule has 0 aliphatic carbocycles. The van der Waals surface area contributed by atoms with Gasteiger partial charge in [-0.15, -0.1) is 10.2 Å². The Hall–Kier alpha value is -1.65. The lowest BCUT2D eigenvalue weighted by Gasteiger charge is -2.14. The lowest BCUT2D eigenvalue weighted by atomic mass is 10.2. The van der Waals surface area contributed by atoms with E-state index in [1.165, 1.54) is 11.8 Å². The van der Waals surface area contributed by atoms with Crippen molar-refractivity contribution in [1.29, 1.82) is 0 Å². The third kappa shape index (κ3) is 8.15. The highest BCUT2D eigenvalue weighted by Crippen LogP contribution is 2.21. The number of rotatable bonds is 13. The second-order valence-corrected chi connectivity index (χ2v) is 7.96. The van der Waals surface area contributed by atoms with E-state index in [1.54, 1.807) is 0 Å². The molecule has 2 rings (SSSR count). The number of nitrogens with two attached hydrogens (primary N) is 1. The molecule has 1 aromatic rings. The first-order valence-corrected chi connectivity index (χ1v) is 10.8. The topological polar surface area (TPSA) is 121 Å². The van der Waals surface area contributed by atoms with Crippen LogP contribution in [-0.4, -0.2) is 64.3 Å². The highest BCUT2D eigenvalue weighted by molar-refractivity contribution is 7.99. The van der Waals surface area contributed by atoms with Gasteiger partial charge in [-0.05, 0) is 33.1 Å². The number of nitrogens with zero attached hydrogens (tertiary/aromatic N) is 3. The first-order valence-electron chi connectivity index (χ1n) is 9.78. The van der Waals surface area contributed by atoms with Crippen LogP contribution >= 0.6 is 11.8 Å². The predicted octanol–water partition coefficient (Wildman–Crippen LogP) is 0.898. The Labute approximate surface area is 170 Å². The minimum atomic E-state index is -0.373. The lowest BCUT2D eigenvalue weighted by Crippen LogP contribution is -2.27. The molecular formula is C18H31N5O4S. The van der Waals surface area contributed by atoms with Gasteiger partial charge in [-0.1, -0.05) is 11.8 Å². The number of carbonyl (C=O) groups is 2. The van der Waals surface area contributed by atoms with Gasteiger partial charge >= 0.3 is 0 Å². The molecule has 1 aliphatic heterocycles. The van der Waals surface area contributed by atoms with Crippen LogP contribution in [0.25, 0.3) is 0 Å². The summed E-state index contributed by atoms with van der Waals surface area (Å²) >= 11 is 1.34. The van der Waals surface area contributed by atoms with Gasteiger partial charge in [-0.25, -0.2) is 0 Å². The molecule has 2 heterocycles. The van der Waals surface area contributed by atoms with E-state index in [-0.39, 0.29) is 36.2 Å². The molecule has 0 bridgehead atoms. The zero-order valence-electron chi connectivity index (χ0n) is 16.7. The van der Waals surface area contributed by atoms with E-state index in [4.69, 9.17) is 15.2 Å². The molecule has 0 saturated carbocycles. The van der Waals surface area contributed by atoms with Crippen LogP contribution in [0.2, 0.25) is 0 Å². The van der Waals surface area contributed by atoms with Crippen molar-refractivity contribution in [3.8, 4) is 0 Å². The van der Waals surface area contributed by atoms with E-state index in [1.807, 2.05) is 18.4 Å². The number of carbonyl (C=O) groups excluding carboxylic acids is 2. The van der Waals surface area contributed by atoms with E-state index in [0.29, 0.717) is 37.1 Å². The Bertz CT molecular complexity index is 631. The third-order valence-corrected chi connectivity index (χ3v) is 5.19. The highest BCUT2D eigenvalue weighted by atomic mass is 32.2. The van der Waals surface area contributed by atoms with Gasteiger partial charge in [0, 0.05) is 32.6 Å². The maximum Gasteiger partial charge on any atom is 0.230 e. The molecule has 2 amide bonds. The van der Waals surface area contributed by atoms with Crippen LogP contribution in [0.4, 0.5) is 0 Å². The second-order valence-electron chi connectivity index (χ2n) is 7.02. The largest absolute Gasteiger partial charge is 0.379 e. The molecular weight excluding hydrogens is 382 g/mol. The summed E-state index contributed by atoms with van der Waals surface area (Å²) in [5.41, 5.74) is 5.26. The Kier molecular flexibility index (Phi) is 9.72. The van der Waals surface area contributed by atoms with Crippen molar-refractivity contribution in [2.24, 2.45) is 5.73 Å². The summed E-state index contributed by atoms with van der Waals surface area (Å²) in [6.45, 7) is 6.56. The quantitative estimate of drug-likeness (QED) is 0.364. The van der Waals surface area contributed by atoms with Crippen LogP contribution in [0, 0.1) is 0 Å². The van der Waals surface area contributed by atoms with E-state index < -0.39 is 0 Å². The fourth-order valence-corrected chi connectivity index (χ4v) is 3.62. The van der Waals surface area contributed by atoms with Crippen molar-refractivity contribution >= 4 is 23.6 Å². The van der Waals surface area contributed by atoms with Gasteiger partial charge in [0.05, 0.1) is 24.5 Å². The third-order valence-electron chi connectivity index (χ3n) is 4.23. The molecule has 1 aliphatic rings. The predicted molar refractivity (Wildman–Crippen MR) is 106 cm³/mol. The number of nitrogens with one attached hydrogen (secondary N) is 1. The summed E-state index contributed by atoms with van der Waals surface area (Å²) < 4.78 is 13.1. The van der Waals surface area contributed by atoms with Crippen LogP contribution in [0.15, 0.2) is 5.16 Å². The van der Waals surface area contributed by atoms with Gasteiger partial charge < -0.3 is 25.1 Å². The Balaban J connectivity index is 1.84. The molecule has 0 aromatic carbocycles. The molecule has 1 fully saturated rings. The van der Waals surface area contributed by atoms with Crippen molar-refractivity contribution in [2.45, 2.75) is 69.9 Å². The van der Waals surface area contributed by atoms with Crippen molar-refractivity contribution in [1.82, 2.24) is 20.1 Å². The SMILES string of the molecule is CC(C)OCCCNC(=O)CSc1nnc(CCC(N)=O)n1CC1CCCO1. The van der Waals surface area contributed by atoms with Gasteiger partial charge in [0.1, 0.15) is 5.82 Å². The summed E-state index contributed by atoms with van der Waals surface area (Å²) in [6.07, 6.45) is 3.75. The van der Waals surface area contributed by atoms with Crippen LogP contribution in [0.1, 0.15) is 45.4 Å². The number of amides is 2. The summed E-state index contributed by atoms with van der Waals surface area (Å²) in [5, 5.41) is 11.9. The maximum atomic E-state index is 12.1. The molecule has 158 valence electrons. The van der Waals surface area contributed by atoms with E-state index >= 15 is 0 Å². The highest BCUT2D eigenvalue weighted by Gasteiger charge is 2.21. The smallest absolute Gasteiger partial charge is 0.230 e. The minimum Gasteiger partial charge on any atom is -0.379 e. The van der Waals surface area contributed by atoms with Crippen molar-refractivity contribution in [3.05, 3.63) is 5.82 Å². The average Bonchev–Trinajstić information content (AvgIpc) is 3.28. The van der Waals surface area contributed by atoms with Crippen LogP contribution in [-0.2, 0) is 32.0 Å². The van der Waals surface area contributed by atoms with Crippen molar-refractivity contribution < 1.29 is 19.1 Å². The zero-order valence-corrected chi connectivity index (χ0v) is 17.5. The standard InChI is InChI=1S/C18H31N5O4S/c1-13(2)26-10-4-8-20-17(25)12-28-18-22-21-16(7-6-15(19)24)23(18)11-14-5-3-9-27-14/h13-14H,3-12H2,1-2H3,(H2,19,24)(H,20,25).